The van der Waals surface area contributed by atoms with E-state index in [0.29, 0.717) is 11.8 Å². The average molecular weight is 758 g/mol. The summed E-state index contributed by atoms with van der Waals surface area (Å²) >= 11 is 0. The minimum Gasteiger partial charge on any atom is -0.344 e. The van der Waals surface area contributed by atoms with E-state index in [9.17, 15) is 0 Å². The molecule has 1 aromatic heterocycles. The average Bonchev–Trinajstić information content (AvgIpc) is 3.57. The largest absolute Gasteiger partial charge is 0.344 e. The molecule has 4 aliphatic carbocycles. The molecule has 3 heteroatoms. The monoisotopic (exact) mass is 757 g/mol. The van der Waals surface area contributed by atoms with Crippen LogP contribution in [0.5, 0.6) is 0 Å². The third-order valence-electron chi connectivity index (χ3n) is 13.8. The van der Waals surface area contributed by atoms with Crippen LogP contribution >= 0.6 is 0 Å². The van der Waals surface area contributed by atoms with Crippen molar-refractivity contribution in [2.45, 2.75) is 89.5 Å². The fourth-order valence-electron chi connectivity index (χ4n) is 11.0. The molecular weight excluding hydrogens is 703 g/mol. The van der Waals surface area contributed by atoms with Gasteiger partial charge < -0.3 is 14.4 Å². The van der Waals surface area contributed by atoms with Gasteiger partial charge in [0.2, 0.25) is 0 Å². The van der Waals surface area contributed by atoms with Crippen molar-refractivity contribution in [1.29, 1.82) is 0 Å². The van der Waals surface area contributed by atoms with E-state index >= 15 is 0 Å². The number of rotatable bonds is 7. The molecule has 10 rings (SSSR count). The van der Waals surface area contributed by atoms with E-state index < -0.39 is 0 Å². The van der Waals surface area contributed by atoms with Gasteiger partial charge in [-0.2, -0.15) is 0 Å². The number of hydrogen-bond donors (Lipinski definition) is 0. The van der Waals surface area contributed by atoms with Crippen LogP contribution in [-0.4, -0.2) is 10.6 Å². The maximum Gasteiger partial charge on any atom is 0.0604 e. The van der Waals surface area contributed by atoms with Crippen molar-refractivity contribution < 1.29 is 0 Å². The maximum atomic E-state index is 2.62. The molecule has 0 amide bonds. The molecular formula is C55H55N3. The number of hydrogen-bond acceptors (Lipinski definition) is 2. The lowest BCUT2D eigenvalue weighted by atomic mass is 9.80. The molecule has 1 aliphatic heterocycles. The Balaban J connectivity index is 1.07. The highest BCUT2D eigenvalue weighted by molar-refractivity contribution is 5.86. The number of anilines is 4. The van der Waals surface area contributed by atoms with Gasteiger partial charge in [0.15, 0.2) is 0 Å². The van der Waals surface area contributed by atoms with Gasteiger partial charge in [0, 0.05) is 69.0 Å². The molecule has 3 atom stereocenters. The molecule has 2 heterocycles. The van der Waals surface area contributed by atoms with Gasteiger partial charge in [0.1, 0.15) is 0 Å². The normalized spacial score (nSPS) is 21.3. The zero-order valence-electron chi connectivity index (χ0n) is 34.8. The Kier molecular flexibility index (Phi) is 9.16. The van der Waals surface area contributed by atoms with Crippen LogP contribution in [0, 0.1) is 0 Å². The zero-order valence-corrected chi connectivity index (χ0v) is 34.8. The molecule has 5 aromatic rings. The van der Waals surface area contributed by atoms with Crippen LogP contribution in [0.25, 0.3) is 23.8 Å². The highest BCUT2D eigenvalue weighted by atomic mass is 15.2. The van der Waals surface area contributed by atoms with Gasteiger partial charge in [0.25, 0.3) is 0 Å². The number of benzene rings is 4. The molecule has 3 nitrogen and oxygen atoms in total. The lowest BCUT2D eigenvalue weighted by Gasteiger charge is -2.31. The van der Waals surface area contributed by atoms with Gasteiger partial charge in [0.05, 0.1) is 6.04 Å². The van der Waals surface area contributed by atoms with Crippen molar-refractivity contribution >= 4 is 46.6 Å². The molecule has 290 valence electrons. The fraction of sp³-hybridized carbons (Fsp3) is 0.273. The molecule has 0 saturated heterocycles. The lowest BCUT2D eigenvalue weighted by Crippen LogP contribution is -2.33. The van der Waals surface area contributed by atoms with Crippen LogP contribution in [-0.2, 0) is 18.9 Å². The highest BCUT2D eigenvalue weighted by Crippen LogP contribution is 2.52. The second-order valence-electron chi connectivity index (χ2n) is 17.3. The van der Waals surface area contributed by atoms with Crippen molar-refractivity contribution in [2.24, 2.45) is 7.05 Å². The van der Waals surface area contributed by atoms with E-state index in [-0.39, 0.29) is 11.5 Å². The quantitative estimate of drug-likeness (QED) is 0.164. The Bertz CT molecular complexity index is 2700. The summed E-state index contributed by atoms with van der Waals surface area (Å²) in [5.41, 5.74) is 17.7. The Morgan fingerprint density at radius 1 is 0.862 bits per heavy atom. The second-order valence-corrected chi connectivity index (χ2v) is 17.3. The molecule has 58 heavy (non-hydrogen) atoms. The summed E-state index contributed by atoms with van der Waals surface area (Å²) in [5, 5.41) is 2.75. The van der Waals surface area contributed by atoms with Crippen LogP contribution in [0.2, 0.25) is 0 Å². The molecule has 0 saturated carbocycles. The minimum atomic E-state index is -0.0324. The number of nitrogens with zero attached hydrogens (tertiary/aromatic N) is 3. The summed E-state index contributed by atoms with van der Waals surface area (Å²) in [6, 6.07) is 37.1. The topological polar surface area (TPSA) is 11.4 Å². The Hall–Kier alpha value is -5.80. The van der Waals surface area contributed by atoms with Gasteiger partial charge in [-0.15, -0.1) is 0 Å². The smallest absolute Gasteiger partial charge is 0.0604 e. The molecule has 0 fully saturated rings. The van der Waals surface area contributed by atoms with Crippen LogP contribution in [0.3, 0.4) is 0 Å². The van der Waals surface area contributed by atoms with Gasteiger partial charge in [-0.25, -0.2) is 0 Å². The summed E-state index contributed by atoms with van der Waals surface area (Å²) in [6.07, 6.45) is 28.0. The second kappa shape index (κ2) is 14.5. The number of fused-ring (bicyclic) bond motifs is 6. The third-order valence-corrected chi connectivity index (χ3v) is 13.8. The SMILES string of the molecule is CC=Cc1c(CC)c2c(n1C)=CCC1c3ccccc3N(c3ccc(N(C4=CCCC(c5ccccc5)C=C4)c4ccc5c(c4)C(C)(C)C4=C5CCC=C4)cc3)C1C=2. The first kappa shape index (κ1) is 36.5. The summed E-state index contributed by atoms with van der Waals surface area (Å²) in [4.78, 5) is 5.13. The number of allylic oxidation sites excluding steroid dienone is 8. The molecule has 0 radical (unpaired) electrons. The van der Waals surface area contributed by atoms with Crippen LogP contribution in [0.15, 0.2) is 145 Å². The zero-order chi connectivity index (χ0) is 39.5. The van der Waals surface area contributed by atoms with Crippen molar-refractivity contribution in [3.05, 3.63) is 189 Å². The molecule has 0 spiro atoms. The summed E-state index contributed by atoms with van der Waals surface area (Å²) in [7, 11) is 2.24. The molecule has 0 bridgehead atoms. The van der Waals surface area contributed by atoms with E-state index in [1.165, 1.54) is 83.7 Å². The Morgan fingerprint density at radius 2 is 1.66 bits per heavy atom. The van der Waals surface area contributed by atoms with Gasteiger partial charge >= 0.3 is 0 Å². The van der Waals surface area contributed by atoms with Crippen LogP contribution in [0.1, 0.15) is 105 Å². The van der Waals surface area contributed by atoms with E-state index in [1.807, 2.05) is 0 Å². The summed E-state index contributed by atoms with van der Waals surface area (Å²) in [5.74, 6) is 0.780. The van der Waals surface area contributed by atoms with Crippen molar-refractivity contribution in [3.8, 4) is 0 Å². The van der Waals surface area contributed by atoms with E-state index in [0.717, 1.165) is 38.5 Å². The van der Waals surface area contributed by atoms with Crippen molar-refractivity contribution in [2.75, 3.05) is 9.80 Å². The van der Waals surface area contributed by atoms with Gasteiger partial charge in [-0.05, 0) is 139 Å². The van der Waals surface area contributed by atoms with E-state index in [4.69, 9.17) is 0 Å². The Morgan fingerprint density at radius 3 is 2.47 bits per heavy atom. The number of para-hydroxylation sites is 1. The molecule has 4 aromatic carbocycles. The predicted molar refractivity (Wildman–Crippen MR) is 246 cm³/mol. The van der Waals surface area contributed by atoms with Gasteiger partial charge in [-0.1, -0.05) is 118 Å². The van der Waals surface area contributed by atoms with Crippen LogP contribution < -0.4 is 20.4 Å². The fourth-order valence-corrected chi connectivity index (χ4v) is 11.0. The number of aromatic nitrogens is 1. The maximum absolute atomic E-state index is 2.62. The minimum absolute atomic E-state index is 0.0324. The molecule has 3 unspecified atom stereocenters. The molecule has 0 N–H and O–H groups in total. The third kappa shape index (κ3) is 5.84. The van der Waals surface area contributed by atoms with Crippen molar-refractivity contribution in [3.63, 3.8) is 0 Å². The van der Waals surface area contributed by atoms with E-state index in [1.54, 1.807) is 0 Å². The van der Waals surface area contributed by atoms with Crippen molar-refractivity contribution in [1.82, 2.24) is 4.57 Å². The summed E-state index contributed by atoms with van der Waals surface area (Å²) in [6.45, 7) is 9.25. The predicted octanol–water partition coefficient (Wildman–Crippen LogP) is 12.4. The lowest BCUT2D eigenvalue weighted by molar-refractivity contribution is 0.651. The molecule has 5 aliphatic rings. The van der Waals surface area contributed by atoms with E-state index in [2.05, 4.69) is 201 Å². The first-order valence-corrected chi connectivity index (χ1v) is 21.7. The first-order valence-electron chi connectivity index (χ1n) is 21.7. The highest BCUT2D eigenvalue weighted by Gasteiger charge is 2.39. The first-order chi connectivity index (χ1) is 28.4. The van der Waals surface area contributed by atoms with Gasteiger partial charge in [-0.3, -0.25) is 0 Å². The summed E-state index contributed by atoms with van der Waals surface area (Å²) < 4.78 is 2.41. The van der Waals surface area contributed by atoms with Crippen LogP contribution in [0.4, 0.5) is 22.7 Å². The standard InChI is InChI=1S/C55H55N3/c1-6-16-51-43(7-2)48-36-54-47(33-34-52(48)56(51)5)46-22-12-14-24-53(46)58(54)41-29-27-40(28-30-41)57(39-20-15-19-38(25-26-39)37-17-9-8-10-18-37)42-31-32-45-44-21-11-13-23-49(44)55(3,4)50(45)35-42/h6,8-10,12-14,16-18,20,22-32,34-36,38,47,54H,7,11,15,19,21,33H2,1-5H3. The Labute approximate surface area is 345 Å².